The van der Waals surface area contributed by atoms with E-state index in [2.05, 4.69) is 26.2 Å². The first kappa shape index (κ1) is 14.0. The van der Waals surface area contributed by atoms with Gasteiger partial charge in [0.1, 0.15) is 5.75 Å². The minimum atomic E-state index is -0.108. The lowest BCUT2D eigenvalue weighted by molar-refractivity contribution is 0.0950. The molecule has 5 heteroatoms. The summed E-state index contributed by atoms with van der Waals surface area (Å²) < 4.78 is 5.08. The zero-order chi connectivity index (χ0) is 12.5. The summed E-state index contributed by atoms with van der Waals surface area (Å²) in [5, 5.41) is 3.88. The van der Waals surface area contributed by atoms with E-state index in [4.69, 9.17) is 4.74 Å². The second kappa shape index (κ2) is 8.06. The van der Waals surface area contributed by atoms with E-state index in [1.165, 1.54) is 7.11 Å². The van der Waals surface area contributed by atoms with Gasteiger partial charge in [-0.2, -0.15) is 0 Å². The minimum absolute atomic E-state index is 0.108. The predicted molar refractivity (Wildman–Crippen MR) is 70.8 cm³/mol. The molecule has 0 atom stereocenters. The first-order valence-corrected chi connectivity index (χ1v) is 6.74. The Morgan fingerprint density at radius 2 is 2.29 bits per heavy atom. The van der Waals surface area contributed by atoms with Crippen molar-refractivity contribution in [3.05, 3.63) is 24.0 Å². The molecule has 0 fully saturated rings. The van der Waals surface area contributed by atoms with Crippen molar-refractivity contribution in [2.75, 3.05) is 19.0 Å². The van der Waals surface area contributed by atoms with Crippen molar-refractivity contribution in [2.24, 2.45) is 0 Å². The fraction of sp³-hybridized carbons (Fsp3) is 0.500. The maximum Gasteiger partial charge on any atom is 0.255 e. The Morgan fingerprint density at radius 3 is 3.00 bits per heavy atom. The molecule has 0 radical (unpaired) electrons. The Labute approximate surface area is 110 Å². The zero-order valence-corrected chi connectivity index (χ0v) is 11.5. The summed E-state index contributed by atoms with van der Waals surface area (Å²) in [5.41, 5.74) is 0.531. The quantitative estimate of drug-likeness (QED) is 0.621. The molecule has 0 bridgehead atoms. The fourth-order valence-electron chi connectivity index (χ4n) is 1.42. The summed E-state index contributed by atoms with van der Waals surface area (Å²) in [7, 11) is 1.53. The van der Waals surface area contributed by atoms with E-state index in [0.29, 0.717) is 17.9 Å². The first-order chi connectivity index (χ1) is 8.29. The average molecular weight is 301 g/mol. The SMILES string of the molecule is COc1cnccc1C(=O)NCCCCCBr. The first-order valence-electron chi connectivity index (χ1n) is 5.61. The van der Waals surface area contributed by atoms with Crippen LogP contribution >= 0.6 is 15.9 Å². The summed E-state index contributed by atoms with van der Waals surface area (Å²) in [6.07, 6.45) is 6.36. The Kier molecular flexibility index (Phi) is 6.62. The molecule has 1 aromatic rings. The minimum Gasteiger partial charge on any atom is -0.494 e. The van der Waals surface area contributed by atoms with Crippen LogP contribution in [0, 0.1) is 0 Å². The number of amides is 1. The summed E-state index contributed by atoms with van der Waals surface area (Å²) in [5.74, 6) is 0.397. The van der Waals surface area contributed by atoms with E-state index in [9.17, 15) is 4.79 Å². The molecule has 0 saturated carbocycles. The molecule has 0 unspecified atom stereocenters. The number of nitrogens with zero attached hydrogens (tertiary/aromatic N) is 1. The zero-order valence-electron chi connectivity index (χ0n) is 9.91. The lowest BCUT2D eigenvalue weighted by Gasteiger charge is -2.08. The molecule has 0 aliphatic rings. The second-order valence-electron chi connectivity index (χ2n) is 3.58. The number of carbonyl (C=O) groups is 1. The van der Waals surface area contributed by atoms with Crippen LogP contribution in [-0.2, 0) is 0 Å². The topological polar surface area (TPSA) is 51.2 Å². The number of methoxy groups -OCH3 is 1. The normalized spacial score (nSPS) is 10.0. The number of carbonyl (C=O) groups excluding carboxylic acids is 1. The number of unbranched alkanes of at least 4 members (excludes halogenated alkanes) is 2. The van der Waals surface area contributed by atoms with Crippen LogP contribution in [0.1, 0.15) is 29.6 Å². The van der Waals surface area contributed by atoms with Gasteiger partial charge in [-0.3, -0.25) is 9.78 Å². The molecule has 1 N–H and O–H groups in total. The molecule has 0 saturated heterocycles. The second-order valence-corrected chi connectivity index (χ2v) is 4.37. The molecule has 17 heavy (non-hydrogen) atoms. The van der Waals surface area contributed by atoms with Gasteiger partial charge < -0.3 is 10.1 Å². The van der Waals surface area contributed by atoms with Gasteiger partial charge in [0, 0.05) is 18.1 Å². The van der Waals surface area contributed by atoms with Crippen molar-refractivity contribution in [2.45, 2.75) is 19.3 Å². The van der Waals surface area contributed by atoms with Crippen molar-refractivity contribution in [3.8, 4) is 5.75 Å². The largest absolute Gasteiger partial charge is 0.494 e. The molecule has 1 aromatic heterocycles. The van der Waals surface area contributed by atoms with E-state index in [0.717, 1.165) is 24.6 Å². The third kappa shape index (κ3) is 4.73. The van der Waals surface area contributed by atoms with E-state index in [1.54, 1.807) is 18.5 Å². The number of rotatable bonds is 7. The number of aromatic nitrogens is 1. The van der Waals surface area contributed by atoms with Crippen LogP contribution in [0.15, 0.2) is 18.5 Å². The van der Waals surface area contributed by atoms with E-state index < -0.39 is 0 Å². The third-order valence-electron chi connectivity index (χ3n) is 2.35. The monoisotopic (exact) mass is 300 g/mol. The molecule has 0 aromatic carbocycles. The molecule has 1 amide bonds. The van der Waals surface area contributed by atoms with Crippen LogP contribution < -0.4 is 10.1 Å². The number of ether oxygens (including phenoxy) is 1. The number of pyridine rings is 1. The molecule has 0 spiro atoms. The Balaban J connectivity index is 2.41. The van der Waals surface area contributed by atoms with Crippen molar-refractivity contribution >= 4 is 21.8 Å². The van der Waals surface area contributed by atoms with Crippen molar-refractivity contribution < 1.29 is 9.53 Å². The molecule has 0 aliphatic heterocycles. The summed E-state index contributed by atoms with van der Waals surface area (Å²) >= 11 is 3.38. The number of alkyl halides is 1. The molecule has 0 aliphatic carbocycles. The summed E-state index contributed by atoms with van der Waals surface area (Å²) in [4.78, 5) is 15.7. The van der Waals surface area contributed by atoms with Gasteiger partial charge in [0.05, 0.1) is 18.9 Å². The van der Waals surface area contributed by atoms with Crippen LogP contribution in [0.5, 0.6) is 5.75 Å². The van der Waals surface area contributed by atoms with Gasteiger partial charge in [-0.15, -0.1) is 0 Å². The van der Waals surface area contributed by atoms with Gasteiger partial charge in [0.2, 0.25) is 0 Å². The highest BCUT2D eigenvalue weighted by atomic mass is 79.9. The maximum absolute atomic E-state index is 11.8. The molecule has 94 valence electrons. The van der Waals surface area contributed by atoms with Crippen LogP contribution in [0.25, 0.3) is 0 Å². The van der Waals surface area contributed by atoms with E-state index in [1.807, 2.05) is 0 Å². The Morgan fingerprint density at radius 1 is 1.47 bits per heavy atom. The summed E-state index contributed by atoms with van der Waals surface area (Å²) in [6.45, 7) is 0.692. The van der Waals surface area contributed by atoms with Crippen LogP contribution in [0.4, 0.5) is 0 Å². The highest BCUT2D eigenvalue weighted by Crippen LogP contribution is 2.15. The molecule has 1 rings (SSSR count). The third-order valence-corrected chi connectivity index (χ3v) is 2.91. The lowest BCUT2D eigenvalue weighted by atomic mass is 10.2. The smallest absolute Gasteiger partial charge is 0.255 e. The summed E-state index contributed by atoms with van der Waals surface area (Å²) in [6, 6.07) is 1.66. The van der Waals surface area contributed by atoms with Gasteiger partial charge in [-0.1, -0.05) is 22.4 Å². The lowest BCUT2D eigenvalue weighted by Crippen LogP contribution is -2.25. The van der Waals surface area contributed by atoms with Gasteiger partial charge in [0.25, 0.3) is 5.91 Å². The van der Waals surface area contributed by atoms with Gasteiger partial charge in [-0.05, 0) is 18.9 Å². The Hall–Kier alpha value is -1.10. The van der Waals surface area contributed by atoms with Crippen molar-refractivity contribution in [1.82, 2.24) is 10.3 Å². The molecule has 1 heterocycles. The molecule has 4 nitrogen and oxygen atoms in total. The van der Waals surface area contributed by atoms with Crippen molar-refractivity contribution in [3.63, 3.8) is 0 Å². The van der Waals surface area contributed by atoms with Crippen LogP contribution in [-0.4, -0.2) is 29.9 Å². The fourth-order valence-corrected chi connectivity index (χ4v) is 1.82. The van der Waals surface area contributed by atoms with Crippen molar-refractivity contribution in [1.29, 1.82) is 0 Å². The number of hydrogen-bond donors (Lipinski definition) is 1. The highest BCUT2D eigenvalue weighted by Gasteiger charge is 2.10. The van der Waals surface area contributed by atoms with Crippen LogP contribution in [0.2, 0.25) is 0 Å². The average Bonchev–Trinajstić information content (AvgIpc) is 2.38. The van der Waals surface area contributed by atoms with Gasteiger partial charge >= 0.3 is 0 Å². The highest BCUT2D eigenvalue weighted by molar-refractivity contribution is 9.09. The van der Waals surface area contributed by atoms with E-state index >= 15 is 0 Å². The van der Waals surface area contributed by atoms with Crippen LogP contribution in [0.3, 0.4) is 0 Å². The predicted octanol–water partition coefficient (Wildman–Crippen LogP) is 2.39. The van der Waals surface area contributed by atoms with Gasteiger partial charge in [0.15, 0.2) is 0 Å². The molecular weight excluding hydrogens is 284 g/mol. The standard InChI is InChI=1S/C12H17BrN2O2/c1-17-11-9-14-8-5-10(11)12(16)15-7-4-2-3-6-13/h5,8-9H,2-4,6-7H2,1H3,(H,15,16). The molecular formula is C12H17BrN2O2. The maximum atomic E-state index is 11.8. The number of hydrogen-bond acceptors (Lipinski definition) is 3. The Bertz CT molecular complexity index is 358. The number of nitrogens with one attached hydrogen (secondary N) is 1. The van der Waals surface area contributed by atoms with E-state index in [-0.39, 0.29) is 5.91 Å². The van der Waals surface area contributed by atoms with Gasteiger partial charge in [-0.25, -0.2) is 0 Å². The number of halogens is 1.